The number of rotatable bonds is 4. The van der Waals surface area contributed by atoms with Gasteiger partial charge in [-0.05, 0) is 19.1 Å². The quantitative estimate of drug-likeness (QED) is 0.594. The maximum Gasteiger partial charge on any atom is 0.134 e. The van der Waals surface area contributed by atoms with Crippen LogP contribution in [-0.2, 0) is 9.47 Å². The van der Waals surface area contributed by atoms with E-state index >= 15 is 4.48 Å². The Morgan fingerprint density at radius 1 is 0.935 bits per heavy atom. The van der Waals surface area contributed by atoms with Crippen LogP contribution in [0.2, 0.25) is 0 Å². The first-order valence-electron chi connectivity index (χ1n) is 10.7. The van der Waals surface area contributed by atoms with Gasteiger partial charge in [-0.15, -0.1) is 0 Å². The van der Waals surface area contributed by atoms with Gasteiger partial charge in [-0.25, -0.2) is 4.98 Å². The summed E-state index contributed by atoms with van der Waals surface area (Å²) in [6, 6.07) is 9.54. The summed E-state index contributed by atoms with van der Waals surface area (Å²) in [5, 5.41) is 1.52. The van der Waals surface area contributed by atoms with Gasteiger partial charge in [0.15, 0.2) is 0 Å². The molecule has 3 aromatic rings. The molecule has 162 valence electrons. The van der Waals surface area contributed by atoms with E-state index in [0.717, 1.165) is 59.3 Å². The molecule has 31 heavy (non-hydrogen) atoms. The number of para-hydroxylation sites is 1. The molecule has 5 rings (SSSR count). The molecule has 2 saturated heterocycles. The summed E-state index contributed by atoms with van der Waals surface area (Å²) in [4.78, 5) is 13.5. The van der Waals surface area contributed by atoms with Crippen molar-refractivity contribution in [3.05, 3.63) is 48.3 Å². The highest BCUT2D eigenvalue weighted by Gasteiger charge is 2.24. The monoisotopic (exact) mass is 423 g/mol. The number of fused-ring (bicyclic) bond motifs is 1. The van der Waals surface area contributed by atoms with Crippen LogP contribution in [0.25, 0.3) is 10.9 Å². The fourth-order valence-corrected chi connectivity index (χ4v) is 4.26. The lowest BCUT2D eigenvalue weighted by molar-refractivity contribution is 0.122. The van der Waals surface area contributed by atoms with E-state index in [-0.39, 0.29) is 0 Å². The Labute approximate surface area is 180 Å². The fraction of sp³-hybridized carbons (Fsp3) is 0.391. The van der Waals surface area contributed by atoms with Gasteiger partial charge in [0.1, 0.15) is 5.82 Å². The topological polar surface area (TPSA) is 54.0 Å². The zero-order chi connectivity index (χ0) is 21.2. The molecular weight excluding hydrogens is 397 g/mol. The van der Waals surface area contributed by atoms with E-state index in [1.165, 1.54) is 0 Å². The van der Waals surface area contributed by atoms with E-state index in [2.05, 4.69) is 14.8 Å². The molecule has 0 N–H and O–H groups in total. The number of halogens is 1. The second kappa shape index (κ2) is 8.64. The zero-order valence-corrected chi connectivity index (χ0v) is 17.6. The lowest BCUT2D eigenvalue weighted by atomic mass is 10.1. The molecule has 4 heterocycles. The number of ether oxygens (including phenoxy) is 2. The first-order valence-corrected chi connectivity index (χ1v) is 10.7. The molecule has 8 heteroatoms. The van der Waals surface area contributed by atoms with E-state index in [4.69, 9.17) is 14.5 Å². The number of hydrogen-bond donors (Lipinski definition) is 0. The highest BCUT2D eigenvalue weighted by molar-refractivity contribution is 5.97. The normalized spacial score (nSPS) is 17.2. The number of pyridine rings is 2. The molecule has 0 saturated carbocycles. The summed E-state index contributed by atoms with van der Waals surface area (Å²) < 4.78 is 27.0. The lowest BCUT2D eigenvalue weighted by Gasteiger charge is -2.31. The highest BCUT2D eigenvalue weighted by Crippen LogP contribution is 2.39. The van der Waals surface area contributed by atoms with Gasteiger partial charge in [0.2, 0.25) is 0 Å². The van der Waals surface area contributed by atoms with Crippen molar-refractivity contribution in [2.45, 2.75) is 6.92 Å². The summed E-state index contributed by atoms with van der Waals surface area (Å²) in [6.45, 7) is 7.60. The minimum Gasteiger partial charge on any atom is -0.378 e. The molecule has 1 aromatic carbocycles. The van der Waals surface area contributed by atoms with Gasteiger partial charge in [0.05, 0.1) is 61.4 Å². The van der Waals surface area contributed by atoms with Gasteiger partial charge < -0.3 is 19.3 Å². The van der Waals surface area contributed by atoms with Gasteiger partial charge in [-0.3, -0.25) is 4.98 Å². The van der Waals surface area contributed by atoms with Crippen LogP contribution in [-0.4, -0.2) is 62.6 Å². The van der Waals surface area contributed by atoms with Crippen molar-refractivity contribution in [2.24, 2.45) is 0 Å². The first-order chi connectivity index (χ1) is 15.2. The van der Waals surface area contributed by atoms with Crippen molar-refractivity contribution in [1.29, 1.82) is 0 Å². The third kappa shape index (κ3) is 3.88. The largest absolute Gasteiger partial charge is 0.378 e. The fourth-order valence-electron chi connectivity index (χ4n) is 4.26. The lowest BCUT2D eigenvalue weighted by Crippen LogP contribution is -2.37. The van der Waals surface area contributed by atoms with Gasteiger partial charge in [-0.1, -0.05) is 22.7 Å². The Morgan fingerprint density at radius 3 is 2.35 bits per heavy atom. The predicted molar refractivity (Wildman–Crippen MR) is 120 cm³/mol. The summed E-state index contributed by atoms with van der Waals surface area (Å²) >= 11 is 0. The highest BCUT2D eigenvalue weighted by atomic mass is 19.2. The van der Waals surface area contributed by atoms with Crippen molar-refractivity contribution in [1.82, 2.24) is 9.97 Å². The van der Waals surface area contributed by atoms with E-state index in [0.29, 0.717) is 37.8 Å². The Hall–Kier alpha value is -2.97. The second-order valence-electron chi connectivity index (χ2n) is 7.81. The standard InChI is InChI=1S/C23H26FN5O2/c1-17-22(29(24)19-14-18(15-25-16-19)27-6-10-30-11-7-27)20-4-2-3-5-21(20)26-23(17)28-8-12-31-13-9-28/h2-5,14-16H,6-13H2,1H3. The van der Waals surface area contributed by atoms with Gasteiger partial charge in [0.25, 0.3) is 0 Å². The minimum atomic E-state index is 0.399. The number of anilines is 4. The molecule has 0 spiro atoms. The molecule has 2 aliphatic rings. The van der Waals surface area contributed by atoms with Crippen LogP contribution in [0.4, 0.5) is 27.4 Å². The predicted octanol–water partition coefficient (Wildman–Crippen LogP) is 3.63. The summed E-state index contributed by atoms with van der Waals surface area (Å²) in [6.07, 6.45) is 3.34. The summed E-state index contributed by atoms with van der Waals surface area (Å²) in [5.74, 6) is 0.803. The van der Waals surface area contributed by atoms with Gasteiger partial charge in [-0.2, -0.15) is 5.12 Å². The molecule has 0 amide bonds. The van der Waals surface area contributed by atoms with Crippen molar-refractivity contribution < 1.29 is 14.0 Å². The third-order valence-corrected chi connectivity index (χ3v) is 5.90. The van der Waals surface area contributed by atoms with Crippen LogP contribution < -0.4 is 14.9 Å². The van der Waals surface area contributed by atoms with E-state index in [1.807, 2.05) is 37.3 Å². The molecule has 7 nitrogen and oxygen atoms in total. The Balaban J connectivity index is 1.58. The molecule has 0 bridgehead atoms. The zero-order valence-electron chi connectivity index (χ0n) is 17.6. The van der Waals surface area contributed by atoms with Crippen molar-refractivity contribution in [2.75, 3.05) is 67.5 Å². The molecule has 0 radical (unpaired) electrons. The van der Waals surface area contributed by atoms with Crippen LogP contribution in [0.1, 0.15) is 5.56 Å². The summed E-state index contributed by atoms with van der Waals surface area (Å²) in [5.41, 5.74) is 3.38. The van der Waals surface area contributed by atoms with Crippen LogP contribution in [0, 0.1) is 6.92 Å². The molecule has 2 aliphatic heterocycles. The van der Waals surface area contributed by atoms with Crippen LogP contribution in [0.3, 0.4) is 0 Å². The van der Waals surface area contributed by atoms with Crippen molar-refractivity contribution >= 4 is 33.8 Å². The smallest absolute Gasteiger partial charge is 0.134 e. The SMILES string of the molecule is Cc1c(N2CCOCC2)nc2ccccc2c1N(F)c1cncc(N2CCOCC2)c1. The Morgan fingerprint density at radius 2 is 1.61 bits per heavy atom. The number of morpholine rings is 2. The van der Waals surface area contributed by atoms with Crippen molar-refractivity contribution in [3.8, 4) is 0 Å². The summed E-state index contributed by atoms with van der Waals surface area (Å²) in [7, 11) is 0. The first kappa shape index (κ1) is 20.0. The average molecular weight is 423 g/mol. The van der Waals surface area contributed by atoms with E-state index in [9.17, 15) is 0 Å². The Kier molecular flexibility index (Phi) is 5.57. The number of aromatic nitrogens is 2. The van der Waals surface area contributed by atoms with Crippen LogP contribution in [0.5, 0.6) is 0 Å². The number of hydrogen-bond acceptors (Lipinski definition) is 7. The van der Waals surface area contributed by atoms with Gasteiger partial charge in [0, 0.05) is 37.1 Å². The number of nitrogens with zero attached hydrogens (tertiary/aromatic N) is 5. The average Bonchev–Trinajstić information content (AvgIpc) is 2.84. The van der Waals surface area contributed by atoms with E-state index in [1.54, 1.807) is 12.4 Å². The van der Waals surface area contributed by atoms with Crippen molar-refractivity contribution in [3.63, 3.8) is 0 Å². The molecule has 0 unspecified atom stereocenters. The maximum absolute atomic E-state index is 16.0. The van der Waals surface area contributed by atoms with Gasteiger partial charge >= 0.3 is 0 Å². The number of benzene rings is 1. The van der Waals surface area contributed by atoms with Crippen LogP contribution >= 0.6 is 0 Å². The Bertz CT molecular complexity index is 1070. The maximum atomic E-state index is 16.0. The molecule has 0 atom stereocenters. The van der Waals surface area contributed by atoms with E-state index < -0.39 is 0 Å². The molecule has 2 aromatic heterocycles. The molecule has 0 aliphatic carbocycles. The third-order valence-electron chi connectivity index (χ3n) is 5.90. The molecule has 2 fully saturated rings. The molecular formula is C23H26FN5O2. The minimum absolute atomic E-state index is 0.399. The van der Waals surface area contributed by atoms with Crippen LogP contribution in [0.15, 0.2) is 42.7 Å². The second-order valence-corrected chi connectivity index (χ2v) is 7.81.